The number of aromatic hydroxyl groups is 1. The van der Waals surface area contributed by atoms with Gasteiger partial charge in [0.05, 0.1) is 10.5 Å². The fraction of sp³-hybridized carbons (Fsp3) is 0.125. The van der Waals surface area contributed by atoms with Gasteiger partial charge in [-0.1, -0.05) is 6.07 Å². The lowest BCUT2D eigenvalue weighted by Crippen LogP contribution is -2.21. The van der Waals surface area contributed by atoms with Gasteiger partial charge in [0.1, 0.15) is 5.75 Å². The first-order valence-electron chi connectivity index (χ1n) is 7.06. The van der Waals surface area contributed by atoms with Crippen molar-refractivity contribution in [1.29, 1.82) is 0 Å². The molecule has 2 aromatic rings. The molecule has 0 aliphatic heterocycles. The van der Waals surface area contributed by atoms with Crippen LogP contribution in [0.5, 0.6) is 5.75 Å². The third kappa shape index (κ3) is 5.03. The molecular weight excluding hydrogens is 348 g/mol. The summed E-state index contributed by atoms with van der Waals surface area (Å²) in [6, 6.07) is 9.48. The van der Waals surface area contributed by atoms with Crippen LogP contribution in [0.15, 0.2) is 47.4 Å². The number of carbonyl (C=O) groups is 2. The standard InChI is InChI=1S/C16H16N2O6S/c1-10-2-3-11(8-14(10)19)16(21)24-9-15(20)18-12-4-6-13(7-5-12)25(17,22)23/h2-8,19H,9H2,1H3,(H,18,20)(H2,17,22,23). The number of nitrogens with one attached hydrogen (secondary N) is 1. The Bertz CT molecular complexity index is 907. The minimum atomic E-state index is -3.81. The highest BCUT2D eigenvalue weighted by molar-refractivity contribution is 7.89. The molecular formula is C16H16N2O6S. The van der Waals surface area contributed by atoms with Crippen LogP contribution in [0.3, 0.4) is 0 Å². The highest BCUT2D eigenvalue weighted by Gasteiger charge is 2.12. The SMILES string of the molecule is Cc1ccc(C(=O)OCC(=O)Nc2ccc(S(N)(=O)=O)cc2)cc1O. The average molecular weight is 364 g/mol. The molecule has 4 N–H and O–H groups in total. The van der Waals surface area contributed by atoms with Gasteiger partial charge in [0.25, 0.3) is 5.91 Å². The van der Waals surface area contributed by atoms with Gasteiger partial charge >= 0.3 is 5.97 Å². The third-order valence-corrected chi connectivity index (χ3v) is 4.18. The van der Waals surface area contributed by atoms with Crippen LogP contribution in [0.4, 0.5) is 5.69 Å². The zero-order valence-electron chi connectivity index (χ0n) is 13.2. The quantitative estimate of drug-likeness (QED) is 0.681. The van der Waals surface area contributed by atoms with Gasteiger partial charge in [-0.15, -0.1) is 0 Å². The fourth-order valence-corrected chi connectivity index (χ4v) is 2.39. The van der Waals surface area contributed by atoms with Crippen LogP contribution in [0.1, 0.15) is 15.9 Å². The maximum atomic E-state index is 11.8. The number of carbonyl (C=O) groups excluding carboxylic acids is 2. The van der Waals surface area contributed by atoms with Gasteiger partial charge < -0.3 is 15.2 Å². The van der Waals surface area contributed by atoms with Crippen LogP contribution < -0.4 is 10.5 Å². The van der Waals surface area contributed by atoms with Crippen LogP contribution in [0, 0.1) is 6.92 Å². The molecule has 0 atom stereocenters. The Hall–Kier alpha value is -2.91. The van der Waals surface area contributed by atoms with E-state index in [2.05, 4.69) is 5.32 Å². The number of aryl methyl sites for hydroxylation is 1. The highest BCUT2D eigenvalue weighted by Crippen LogP contribution is 2.18. The summed E-state index contributed by atoms with van der Waals surface area (Å²) in [6.07, 6.45) is 0. The molecule has 1 amide bonds. The monoisotopic (exact) mass is 364 g/mol. The van der Waals surface area contributed by atoms with Crippen LogP contribution >= 0.6 is 0 Å². The number of phenolic OH excluding ortho intramolecular Hbond substituents is 1. The second kappa shape index (κ2) is 7.32. The summed E-state index contributed by atoms with van der Waals surface area (Å²) < 4.78 is 27.1. The Morgan fingerprint density at radius 2 is 1.80 bits per heavy atom. The molecule has 0 aliphatic rings. The van der Waals surface area contributed by atoms with E-state index in [9.17, 15) is 23.1 Å². The minimum absolute atomic E-state index is 0.0474. The maximum absolute atomic E-state index is 11.8. The molecule has 0 unspecified atom stereocenters. The summed E-state index contributed by atoms with van der Waals surface area (Å²) >= 11 is 0. The number of amides is 1. The molecule has 0 radical (unpaired) electrons. The van der Waals surface area contributed by atoms with Crippen molar-refractivity contribution in [2.75, 3.05) is 11.9 Å². The van der Waals surface area contributed by atoms with Gasteiger partial charge in [-0.3, -0.25) is 4.79 Å². The summed E-state index contributed by atoms with van der Waals surface area (Å²) in [7, 11) is -3.81. The van der Waals surface area contributed by atoms with E-state index in [0.29, 0.717) is 11.3 Å². The normalized spacial score (nSPS) is 11.0. The summed E-state index contributed by atoms with van der Waals surface area (Å²) in [4.78, 5) is 23.5. The molecule has 0 fully saturated rings. The lowest BCUT2D eigenvalue weighted by atomic mass is 10.1. The maximum Gasteiger partial charge on any atom is 0.338 e. The summed E-state index contributed by atoms with van der Waals surface area (Å²) in [6.45, 7) is 1.14. The van der Waals surface area contributed by atoms with Gasteiger partial charge in [0, 0.05) is 5.69 Å². The first kappa shape index (κ1) is 18.4. The van der Waals surface area contributed by atoms with Gasteiger partial charge in [0.2, 0.25) is 10.0 Å². The number of rotatable bonds is 5. The number of nitrogens with two attached hydrogens (primary N) is 1. The topological polar surface area (TPSA) is 136 Å². The number of ether oxygens (including phenoxy) is 1. The van der Waals surface area contributed by atoms with Gasteiger partial charge in [0.15, 0.2) is 6.61 Å². The second-order valence-electron chi connectivity index (χ2n) is 5.19. The van der Waals surface area contributed by atoms with Crippen LogP contribution in [-0.2, 0) is 19.6 Å². The van der Waals surface area contributed by atoms with E-state index < -0.39 is 28.5 Å². The minimum Gasteiger partial charge on any atom is -0.508 e. The van der Waals surface area contributed by atoms with E-state index in [-0.39, 0.29) is 16.2 Å². The van der Waals surface area contributed by atoms with E-state index >= 15 is 0 Å². The molecule has 9 heteroatoms. The average Bonchev–Trinajstić information content (AvgIpc) is 2.55. The number of hydrogen-bond acceptors (Lipinski definition) is 6. The van der Waals surface area contributed by atoms with Gasteiger partial charge in [-0.2, -0.15) is 0 Å². The number of sulfonamides is 1. The molecule has 8 nitrogen and oxygen atoms in total. The smallest absolute Gasteiger partial charge is 0.338 e. The number of primary sulfonamides is 1. The number of benzene rings is 2. The molecule has 0 bridgehead atoms. The number of hydrogen-bond donors (Lipinski definition) is 3. The van der Waals surface area contributed by atoms with Gasteiger partial charge in [-0.25, -0.2) is 18.4 Å². The molecule has 25 heavy (non-hydrogen) atoms. The predicted octanol–water partition coefficient (Wildman–Crippen LogP) is 1.14. The van der Waals surface area contributed by atoms with E-state index in [1.807, 2.05) is 0 Å². The van der Waals surface area contributed by atoms with Crippen LogP contribution in [-0.4, -0.2) is 32.0 Å². The lowest BCUT2D eigenvalue weighted by molar-refractivity contribution is -0.119. The summed E-state index contributed by atoms with van der Waals surface area (Å²) in [5.41, 5.74) is 1.05. The summed E-state index contributed by atoms with van der Waals surface area (Å²) in [5, 5.41) is 17.0. The molecule has 0 saturated carbocycles. The van der Waals surface area contributed by atoms with Crippen molar-refractivity contribution in [3.05, 3.63) is 53.6 Å². The molecule has 132 valence electrons. The van der Waals surface area contributed by atoms with Crippen LogP contribution in [0.2, 0.25) is 0 Å². The van der Waals surface area contributed by atoms with Crippen molar-refractivity contribution in [3.8, 4) is 5.75 Å². The van der Waals surface area contributed by atoms with Crippen molar-refractivity contribution in [3.63, 3.8) is 0 Å². The van der Waals surface area contributed by atoms with E-state index in [0.717, 1.165) is 0 Å². The largest absolute Gasteiger partial charge is 0.508 e. The van der Waals surface area contributed by atoms with Crippen molar-refractivity contribution < 1.29 is 27.9 Å². The third-order valence-electron chi connectivity index (χ3n) is 3.25. The van der Waals surface area contributed by atoms with E-state index in [4.69, 9.17) is 9.88 Å². The van der Waals surface area contributed by atoms with Crippen molar-refractivity contribution >= 4 is 27.6 Å². The molecule has 0 heterocycles. The first-order chi connectivity index (χ1) is 11.7. The summed E-state index contributed by atoms with van der Waals surface area (Å²) in [5.74, 6) is -1.41. The fourth-order valence-electron chi connectivity index (χ4n) is 1.88. The molecule has 2 rings (SSSR count). The Morgan fingerprint density at radius 1 is 1.16 bits per heavy atom. The van der Waals surface area contributed by atoms with E-state index in [1.54, 1.807) is 13.0 Å². The van der Waals surface area contributed by atoms with Gasteiger partial charge in [-0.05, 0) is 48.9 Å². The molecule has 0 aromatic heterocycles. The van der Waals surface area contributed by atoms with Crippen molar-refractivity contribution in [2.24, 2.45) is 5.14 Å². The molecule has 2 aromatic carbocycles. The highest BCUT2D eigenvalue weighted by atomic mass is 32.2. The Balaban J connectivity index is 1.92. The Labute approximate surface area is 144 Å². The van der Waals surface area contributed by atoms with Crippen LogP contribution in [0.25, 0.3) is 0 Å². The second-order valence-corrected chi connectivity index (χ2v) is 6.76. The van der Waals surface area contributed by atoms with Crippen molar-refractivity contribution in [2.45, 2.75) is 11.8 Å². The number of esters is 1. The molecule has 0 spiro atoms. The zero-order chi connectivity index (χ0) is 18.6. The zero-order valence-corrected chi connectivity index (χ0v) is 14.0. The lowest BCUT2D eigenvalue weighted by Gasteiger charge is -2.08. The molecule has 0 saturated heterocycles. The predicted molar refractivity (Wildman–Crippen MR) is 89.6 cm³/mol. The Morgan fingerprint density at radius 3 is 2.36 bits per heavy atom. The van der Waals surface area contributed by atoms with Crippen molar-refractivity contribution in [1.82, 2.24) is 0 Å². The van der Waals surface area contributed by atoms with E-state index in [1.165, 1.54) is 36.4 Å². The Kier molecular flexibility index (Phi) is 5.40. The number of anilines is 1. The first-order valence-corrected chi connectivity index (χ1v) is 8.61. The number of phenols is 1. The molecule has 0 aliphatic carbocycles.